The molecule has 2 aromatic rings. The first-order valence-corrected chi connectivity index (χ1v) is 5.77. The van der Waals surface area contributed by atoms with Crippen molar-refractivity contribution in [3.8, 4) is 0 Å². The summed E-state index contributed by atoms with van der Waals surface area (Å²) in [6.07, 6.45) is 6.59. The molecule has 80 valence electrons. The lowest BCUT2D eigenvalue weighted by molar-refractivity contribution is 0.562. The van der Waals surface area contributed by atoms with E-state index in [0.29, 0.717) is 0 Å². The summed E-state index contributed by atoms with van der Waals surface area (Å²) < 4.78 is 4.96. The van der Waals surface area contributed by atoms with Crippen LogP contribution in [-0.2, 0) is 19.5 Å². The van der Waals surface area contributed by atoms with Gasteiger partial charge in [0.05, 0.1) is 10.7 Å². The van der Waals surface area contributed by atoms with Gasteiger partial charge in [0.15, 0.2) is 0 Å². The first-order chi connectivity index (χ1) is 7.29. The Kier molecular flexibility index (Phi) is 3.20. The summed E-state index contributed by atoms with van der Waals surface area (Å²) in [7, 11) is 0. The molecule has 0 unspecified atom stereocenters. The van der Waals surface area contributed by atoms with Crippen LogP contribution in [0.2, 0.25) is 0 Å². The van der Waals surface area contributed by atoms with Crippen LogP contribution in [-0.4, -0.2) is 19.6 Å². The van der Waals surface area contributed by atoms with Crippen molar-refractivity contribution in [2.24, 2.45) is 0 Å². The maximum atomic E-state index is 4.23. The first kappa shape index (κ1) is 10.4. The Morgan fingerprint density at radius 3 is 2.93 bits per heavy atom. The predicted molar refractivity (Wildman–Crippen MR) is 61.5 cm³/mol. The molecular weight excluding hydrogens is 256 g/mol. The second-order valence-electron chi connectivity index (χ2n) is 3.31. The molecular formula is C10H13BrN4. The third-order valence-corrected chi connectivity index (χ3v) is 2.71. The number of rotatable bonds is 4. The lowest BCUT2D eigenvalue weighted by atomic mass is 10.3. The Balaban J connectivity index is 1.98. The molecule has 0 aliphatic rings. The fraction of sp³-hybridized carbons (Fsp3) is 0.400. The fourth-order valence-electron chi connectivity index (χ4n) is 1.55. The zero-order chi connectivity index (χ0) is 10.7. The summed E-state index contributed by atoms with van der Waals surface area (Å²) in [6.45, 7) is 3.91. The predicted octanol–water partition coefficient (Wildman–Crippen LogP) is 2.10. The van der Waals surface area contributed by atoms with E-state index in [9.17, 15) is 0 Å². The lowest BCUT2D eigenvalue weighted by Gasteiger charge is -2.04. The molecule has 0 aliphatic carbocycles. The highest BCUT2D eigenvalue weighted by Crippen LogP contribution is 2.07. The van der Waals surface area contributed by atoms with Gasteiger partial charge in [0.1, 0.15) is 0 Å². The zero-order valence-electron chi connectivity index (χ0n) is 8.60. The van der Waals surface area contributed by atoms with Crippen LogP contribution in [0.25, 0.3) is 0 Å². The average Bonchev–Trinajstić information content (AvgIpc) is 2.83. The van der Waals surface area contributed by atoms with E-state index in [1.165, 1.54) is 5.69 Å². The molecule has 0 fully saturated rings. The topological polar surface area (TPSA) is 35.6 Å². The van der Waals surface area contributed by atoms with Crippen molar-refractivity contribution in [1.82, 2.24) is 19.6 Å². The van der Waals surface area contributed by atoms with Gasteiger partial charge in [-0.3, -0.25) is 9.36 Å². The Morgan fingerprint density at radius 1 is 1.40 bits per heavy atom. The molecule has 2 aromatic heterocycles. The van der Waals surface area contributed by atoms with Crippen molar-refractivity contribution in [3.05, 3.63) is 34.8 Å². The monoisotopic (exact) mass is 268 g/mol. The summed E-state index contributed by atoms with van der Waals surface area (Å²) in [5.74, 6) is 0. The van der Waals surface area contributed by atoms with E-state index in [1.807, 2.05) is 21.8 Å². The second-order valence-corrected chi connectivity index (χ2v) is 4.23. The molecule has 0 amide bonds. The molecule has 4 nitrogen and oxygen atoms in total. The molecule has 0 aliphatic heterocycles. The maximum Gasteiger partial charge on any atom is 0.0632 e. The summed E-state index contributed by atoms with van der Waals surface area (Å²) >= 11 is 3.38. The highest BCUT2D eigenvalue weighted by molar-refractivity contribution is 9.10. The van der Waals surface area contributed by atoms with Crippen molar-refractivity contribution < 1.29 is 0 Å². The van der Waals surface area contributed by atoms with Crippen molar-refractivity contribution >= 4 is 15.9 Å². The van der Waals surface area contributed by atoms with E-state index in [1.54, 1.807) is 6.20 Å². The molecule has 15 heavy (non-hydrogen) atoms. The van der Waals surface area contributed by atoms with Crippen LogP contribution in [0.3, 0.4) is 0 Å². The van der Waals surface area contributed by atoms with E-state index in [4.69, 9.17) is 0 Å². The highest BCUT2D eigenvalue weighted by atomic mass is 79.9. The van der Waals surface area contributed by atoms with Gasteiger partial charge in [0, 0.05) is 37.6 Å². The van der Waals surface area contributed by atoms with E-state index >= 15 is 0 Å². The minimum atomic E-state index is 0.886. The summed E-state index contributed by atoms with van der Waals surface area (Å²) in [4.78, 5) is 0. The summed E-state index contributed by atoms with van der Waals surface area (Å²) in [5, 5.41) is 8.44. The molecule has 0 N–H and O–H groups in total. The van der Waals surface area contributed by atoms with Gasteiger partial charge in [0.2, 0.25) is 0 Å². The molecule has 0 atom stereocenters. The van der Waals surface area contributed by atoms with Crippen molar-refractivity contribution in [1.29, 1.82) is 0 Å². The molecule has 2 rings (SSSR count). The molecule has 0 saturated heterocycles. The summed E-state index contributed by atoms with van der Waals surface area (Å²) in [5.41, 5.74) is 1.25. The Morgan fingerprint density at radius 2 is 2.27 bits per heavy atom. The second kappa shape index (κ2) is 4.61. The van der Waals surface area contributed by atoms with Crippen LogP contribution in [0, 0.1) is 0 Å². The fourth-order valence-corrected chi connectivity index (χ4v) is 1.87. The molecule has 0 spiro atoms. The molecule has 2 heterocycles. The van der Waals surface area contributed by atoms with Gasteiger partial charge < -0.3 is 0 Å². The summed E-state index contributed by atoms with van der Waals surface area (Å²) in [6, 6.07) is 2.06. The van der Waals surface area contributed by atoms with Crippen LogP contribution in [0.5, 0.6) is 0 Å². The number of hydrogen-bond acceptors (Lipinski definition) is 2. The van der Waals surface area contributed by atoms with Gasteiger partial charge in [0.25, 0.3) is 0 Å². The van der Waals surface area contributed by atoms with Gasteiger partial charge in [-0.05, 0) is 28.9 Å². The Labute approximate surface area is 97.0 Å². The normalized spacial score (nSPS) is 10.8. The molecule has 5 heteroatoms. The van der Waals surface area contributed by atoms with Crippen LogP contribution in [0.1, 0.15) is 12.6 Å². The quantitative estimate of drug-likeness (QED) is 0.852. The van der Waals surface area contributed by atoms with Crippen LogP contribution in [0.15, 0.2) is 29.1 Å². The lowest BCUT2D eigenvalue weighted by Crippen LogP contribution is -2.07. The van der Waals surface area contributed by atoms with Gasteiger partial charge in [-0.25, -0.2) is 0 Å². The van der Waals surface area contributed by atoms with E-state index in [0.717, 1.165) is 24.0 Å². The van der Waals surface area contributed by atoms with Crippen LogP contribution < -0.4 is 0 Å². The van der Waals surface area contributed by atoms with E-state index < -0.39 is 0 Å². The first-order valence-electron chi connectivity index (χ1n) is 4.98. The molecule has 0 aromatic carbocycles. The minimum Gasteiger partial charge on any atom is -0.271 e. The molecule has 0 radical (unpaired) electrons. The van der Waals surface area contributed by atoms with Crippen LogP contribution in [0.4, 0.5) is 0 Å². The number of halogens is 1. The maximum absolute atomic E-state index is 4.23. The average molecular weight is 269 g/mol. The zero-order valence-corrected chi connectivity index (χ0v) is 10.2. The Bertz CT molecular complexity index is 432. The van der Waals surface area contributed by atoms with Gasteiger partial charge in [-0.15, -0.1) is 0 Å². The number of nitrogens with zero attached hydrogens (tertiary/aromatic N) is 4. The van der Waals surface area contributed by atoms with Crippen LogP contribution >= 0.6 is 15.9 Å². The van der Waals surface area contributed by atoms with Gasteiger partial charge in [-0.1, -0.05) is 0 Å². The van der Waals surface area contributed by atoms with Gasteiger partial charge in [-0.2, -0.15) is 10.2 Å². The van der Waals surface area contributed by atoms with E-state index in [-0.39, 0.29) is 0 Å². The number of aromatic nitrogens is 4. The number of hydrogen-bond donors (Lipinski definition) is 0. The largest absolute Gasteiger partial charge is 0.271 e. The van der Waals surface area contributed by atoms with Gasteiger partial charge >= 0.3 is 0 Å². The molecule has 0 bridgehead atoms. The Hall–Kier alpha value is -1.10. The number of aryl methyl sites for hydroxylation is 3. The minimum absolute atomic E-state index is 0.886. The smallest absolute Gasteiger partial charge is 0.0632 e. The van der Waals surface area contributed by atoms with Crippen molar-refractivity contribution in [2.45, 2.75) is 26.4 Å². The highest BCUT2D eigenvalue weighted by Gasteiger charge is 2.01. The SMILES string of the molecule is CCn1nccc1CCn1cc(Br)cn1. The van der Waals surface area contributed by atoms with Crippen molar-refractivity contribution in [3.63, 3.8) is 0 Å². The standard InChI is InChI=1S/C10H13BrN4/c1-2-15-10(3-5-12-15)4-6-14-8-9(11)7-13-14/h3,5,7-8H,2,4,6H2,1H3. The third kappa shape index (κ3) is 2.47. The van der Waals surface area contributed by atoms with Crippen molar-refractivity contribution in [2.75, 3.05) is 0 Å². The van der Waals surface area contributed by atoms with E-state index in [2.05, 4.69) is 39.1 Å². The molecule has 0 saturated carbocycles. The third-order valence-electron chi connectivity index (χ3n) is 2.30.